The van der Waals surface area contributed by atoms with Crippen molar-refractivity contribution in [3.05, 3.63) is 93.7 Å². The molecular weight excluding hydrogens is 471 g/mol. The summed E-state index contributed by atoms with van der Waals surface area (Å²) >= 11 is 12.1. The van der Waals surface area contributed by atoms with Crippen molar-refractivity contribution in [1.82, 2.24) is 15.0 Å². The van der Waals surface area contributed by atoms with Gasteiger partial charge >= 0.3 is 0 Å². The van der Waals surface area contributed by atoms with Crippen molar-refractivity contribution in [3.8, 4) is 17.0 Å². The molecule has 0 atom stereocenters. The minimum absolute atomic E-state index is 0.181. The van der Waals surface area contributed by atoms with Crippen LogP contribution in [0.2, 0.25) is 10.0 Å². The van der Waals surface area contributed by atoms with Crippen molar-refractivity contribution in [2.24, 2.45) is 0 Å². The predicted octanol–water partition coefficient (Wildman–Crippen LogP) is 7.11. The van der Waals surface area contributed by atoms with Crippen LogP contribution in [0.25, 0.3) is 28.0 Å². The summed E-state index contributed by atoms with van der Waals surface area (Å²) in [6, 6.07) is 20.3. The molecule has 8 heteroatoms. The number of carbonyl (C=O) groups excluding carboxylic acids is 1. The van der Waals surface area contributed by atoms with Crippen molar-refractivity contribution in [2.45, 2.75) is 20.3 Å². The molecule has 0 radical (unpaired) electrons. The van der Waals surface area contributed by atoms with E-state index in [4.69, 9.17) is 27.6 Å². The van der Waals surface area contributed by atoms with Gasteiger partial charge in [-0.3, -0.25) is 4.79 Å². The number of carbonyl (C=O) groups is 1. The van der Waals surface area contributed by atoms with Gasteiger partial charge in [0.2, 0.25) is 0 Å². The summed E-state index contributed by atoms with van der Waals surface area (Å²) in [5.74, 6) is 0.337. The van der Waals surface area contributed by atoms with E-state index in [2.05, 4.69) is 34.6 Å². The fourth-order valence-corrected chi connectivity index (χ4v) is 3.93. The third kappa shape index (κ3) is 4.30. The van der Waals surface area contributed by atoms with E-state index in [-0.39, 0.29) is 11.7 Å². The van der Waals surface area contributed by atoms with Crippen LogP contribution in [0.4, 0.5) is 5.69 Å². The van der Waals surface area contributed by atoms with E-state index in [1.807, 2.05) is 31.2 Å². The number of fused-ring (bicyclic) bond motifs is 1. The number of hydrogen-bond acceptors (Lipinski definition) is 4. The average Bonchev–Trinajstić information content (AvgIpc) is 3.49. The Bertz CT molecular complexity index is 1520. The molecule has 5 aromatic rings. The first kappa shape index (κ1) is 22.2. The Kier molecular flexibility index (Phi) is 5.86. The number of hydrogen-bond donors (Lipinski definition) is 1. The monoisotopic (exact) mass is 490 g/mol. The Morgan fingerprint density at radius 1 is 0.941 bits per heavy atom. The molecule has 34 heavy (non-hydrogen) atoms. The van der Waals surface area contributed by atoms with Crippen molar-refractivity contribution in [3.63, 3.8) is 0 Å². The number of halogens is 2. The molecule has 0 fully saturated rings. The molecule has 3 aromatic carbocycles. The third-order valence-electron chi connectivity index (χ3n) is 5.58. The molecule has 2 aromatic heterocycles. The van der Waals surface area contributed by atoms with Crippen LogP contribution < -0.4 is 5.32 Å². The lowest BCUT2D eigenvalue weighted by Gasteiger charge is -2.06. The SMILES string of the molecule is CCc1ccc(-n2nc3cc(C)c(NC(=O)c4ccc(-c5ccc(Cl)c(Cl)c5)o4)cc3n2)cc1. The van der Waals surface area contributed by atoms with Gasteiger partial charge in [0.05, 0.1) is 15.7 Å². The maximum Gasteiger partial charge on any atom is 0.291 e. The molecule has 170 valence electrons. The number of anilines is 1. The highest BCUT2D eigenvalue weighted by molar-refractivity contribution is 6.42. The summed E-state index contributed by atoms with van der Waals surface area (Å²) in [6.45, 7) is 4.03. The van der Waals surface area contributed by atoms with E-state index in [0.29, 0.717) is 27.0 Å². The highest BCUT2D eigenvalue weighted by Crippen LogP contribution is 2.30. The topological polar surface area (TPSA) is 73.0 Å². The van der Waals surface area contributed by atoms with Crippen LogP contribution in [0.3, 0.4) is 0 Å². The molecule has 1 N–H and O–H groups in total. The molecule has 6 nitrogen and oxygen atoms in total. The number of amides is 1. The van der Waals surface area contributed by atoms with Gasteiger partial charge in [-0.25, -0.2) is 0 Å². The Morgan fingerprint density at radius 2 is 1.68 bits per heavy atom. The van der Waals surface area contributed by atoms with E-state index in [0.717, 1.165) is 28.8 Å². The molecule has 0 saturated carbocycles. The van der Waals surface area contributed by atoms with E-state index in [9.17, 15) is 4.79 Å². The number of nitrogens with one attached hydrogen (secondary N) is 1. The summed E-state index contributed by atoms with van der Waals surface area (Å²) in [4.78, 5) is 14.5. The Hall–Kier alpha value is -3.61. The van der Waals surface area contributed by atoms with Gasteiger partial charge in [0.15, 0.2) is 5.76 Å². The van der Waals surface area contributed by atoms with E-state index in [1.54, 1.807) is 35.1 Å². The zero-order valence-corrected chi connectivity index (χ0v) is 20.0. The van der Waals surface area contributed by atoms with Crippen molar-refractivity contribution in [1.29, 1.82) is 0 Å². The summed E-state index contributed by atoms with van der Waals surface area (Å²) in [7, 11) is 0. The molecule has 0 aliphatic rings. The zero-order valence-electron chi connectivity index (χ0n) is 18.5. The Morgan fingerprint density at radius 3 is 2.38 bits per heavy atom. The van der Waals surface area contributed by atoms with Gasteiger partial charge in [0.25, 0.3) is 5.91 Å². The number of aryl methyl sites for hydroxylation is 2. The van der Waals surface area contributed by atoms with E-state index >= 15 is 0 Å². The first-order valence-corrected chi connectivity index (χ1v) is 11.5. The van der Waals surface area contributed by atoms with Crippen molar-refractivity contribution >= 4 is 45.8 Å². The van der Waals surface area contributed by atoms with Gasteiger partial charge in [-0.05, 0) is 79.1 Å². The second-order valence-corrected chi connectivity index (χ2v) is 8.73. The van der Waals surface area contributed by atoms with Crippen LogP contribution in [-0.4, -0.2) is 20.9 Å². The smallest absolute Gasteiger partial charge is 0.291 e. The van der Waals surface area contributed by atoms with Crippen LogP contribution in [0.1, 0.15) is 28.6 Å². The molecule has 0 aliphatic carbocycles. The van der Waals surface area contributed by atoms with Crippen LogP contribution in [0.5, 0.6) is 0 Å². The number of rotatable bonds is 5. The molecule has 1 amide bonds. The van der Waals surface area contributed by atoms with Gasteiger partial charge in [-0.1, -0.05) is 42.3 Å². The number of aromatic nitrogens is 3. The first-order chi connectivity index (χ1) is 16.4. The molecule has 0 unspecified atom stereocenters. The van der Waals surface area contributed by atoms with Crippen molar-refractivity contribution < 1.29 is 9.21 Å². The molecule has 0 saturated heterocycles. The maximum absolute atomic E-state index is 12.9. The second kappa shape index (κ2) is 8.97. The van der Waals surface area contributed by atoms with Crippen molar-refractivity contribution in [2.75, 3.05) is 5.32 Å². The highest BCUT2D eigenvalue weighted by atomic mass is 35.5. The van der Waals surface area contributed by atoms with Crippen LogP contribution in [0, 0.1) is 6.92 Å². The lowest BCUT2D eigenvalue weighted by atomic mass is 10.1. The molecular formula is C26H20Cl2N4O2. The number of nitrogens with zero attached hydrogens (tertiary/aromatic N) is 3. The molecule has 0 aliphatic heterocycles. The number of furan rings is 1. The first-order valence-electron chi connectivity index (χ1n) is 10.7. The fraction of sp³-hybridized carbons (Fsp3) is 0.115. The van der Waals surface area contributed by atoms with Gasteiger partial charge in [0, 0.05) is 11.3 Å². The fourth-order valence-electron chi connectivity index (χ4n) is 3.63. The summed E-state index contributed by atoms with van der Waals surface area (Å²) < 4.78 is 5.76. The van der Waals surface area contributed by atoms with Gasteiger partial charge < -0.3 is 9.73 Å². The predicted molar refractivity (Wildman–Crippen MR) is 135 cm³/mol. The minimum Gasteiger partial charge on any atom is -0.451 e. The average molecular weight is 491 g/mol. The summed E-state index contributed by atoms with van der Waals surface area (Å²) in [5.41, 5.74) is 5.79. The lowest BCUT2D eigenvalue weighted by Crippen LogP contribution is -2.11. The van der Waals surface area contributed by atoms with Crippen LogP contribution >= 0.6 is 23.2 Å². The Balaban J connectivity index is 1.39. The Labute approximate surface area is 206 Å². The quantitative estimate of drug-likeness (QED) is 0.284. The largest absolute Gasteiger partial charge is 0.451 e. The maximum atomic E-state index is 12.9. The van der Waals surface area contributed by atoms with E-state index in [1.165, 1.54) is 5.56 Å². The molecule has 0 bridgehead atoms. The lowest BCUT2D eigenvalue weighted by molar-refractivity contribution is 0.0997. The van der Waals surface area contributed by atoms with Gasteiger partial charge in [-0.15, -0.1) is 10.2 Å². The van der Waals surface area contributed by atoms with Crippen LogP contribution in [0.15, 0.2) is 71.1 Å². The van der Waals surface area contributed by atoms with Gasteiger partial charge in [0.1, 0.15) is 16.8 Å². The molecule has 5 rings (SSSR count). The molecule has 2 heterocycles. The normalized spacial score (nSPS) is 11.2. The molecule has 0 spiro atoms. The van der Waals surface area contributed by atoms with Gasteiger partial charge in [-0.2, -0.15) is 4.80 Å². The summed E-state index contributed by atoms with van der Waals surface area (Å²) in [6.07, 6.45) is 0.974. The third-order valence-corrected chi connectivity index (χ3v) is 6.32. The van der Waals surface area contributed by atoms with Crippen LogP contribution in [-0.2, 0) is 6.42 Å². The van der Waals surface area contributed by atoms with E-state index < -0.39 is 0 Å². The minimum atomic E-state index is -0.365. The number of benzene rings is 3. The highest BCUT2D eigenvalue weighted by Gasteiger charge is 2.16. The second-order valence-electron chi connectivity index (χ2n) is 7.91. The standard InChI is InChI=1S/C26H20Cl2N4O2/c1-3-16-4-7-18(8-5-16)32-30-22-12-15(2)21(14-23(22)31-32)29-26(33)25-11-10-24(34-25)17-6-9-19(27)20(28)13-17/h4-14H,3H2,1-2H3,(H,29,33). The summed E-state index contributed by atoms with van der Waals surface area (Å²) in [5, 5.41) is 13.0. The zero-order chi connectivity index (χ0) is 23.8.